The Kier molecular flexibility index (Phi) is 7.24. The molecule has 0 saturated carbocycles. The molecule has 7 nitrogen and oxygen atoms in total. The van der Waals surface area contributed by atoms with E-state index in [2.05, 4.69) is 20.5 Å². The molecule has 2 aromatic heterocycles. The molecule has 1 atom stereocenters. The number of benzene rings is 1. The molecule has 1 amide bonds. The Labute approximate surface area is 174 Å². The van der Waals surface area contributed by atoms with Crippen LogP contribution in [0, 0.1) is 0 Å². The zero-order valence-electron chi connectivity index (χ0n) is 16.8. The summed E-state index contributed by atoms with van der Waals surface area (Å²) in [5.74, 6) is 1.66. The Morgan fingerprint density at radius 2 is 1.97 bits per heavy atom. The van der Waals surface area contributed by atoms with Crippen LogP contribution in [-0.2, 0) is 4.79 Å². The van der Waals surface area contributed by atoms with Crippen molar-refractivity contribution in [3.05, 3.63) is 48.7 Å². The smallest absolute Gasteiger partial charge is 0.230 e. The second kappa shape index (κ2) is 10.1. The van der Waals surface area contributed by atoms with Crippen molar-refractivity contribution in [1.29, 1.82) is 0 Å². The Hall–Kier alpha value is -2.87. The van der Waals surface area contributed by atoms with E-state index >= 15 is 0 Å². The first-order valence-electron chi connectivity index (χ1n) is 9.64. The van der Waals surface area contributed by atoms with E-state index in [1.165, 1.54) is 11.8 Å². The normalized spacial score (nSPS) is 11.8. The van der Waals surface area contributed by atoms with E-state index in [-0.39, 0.29) is 17.7 Å². The summed E-state index contributed by atoms with van der Waals surface area (Å²) in [6.07, 6.45) is 2.61. The molecular formula is C21H25N5O2S. The number of nitrogens with one attached hydrogen (secondary N) is 1. The van der Waals surface area contributed by atoms with Gasteiger partial charge in [0.05, 0.1) is 18.0 Å². The molecule has 0 spiro atoms. The molecule has 0 radical (unpaired) electrons. The van der Waals surface area contributed by atoms with Gasteiger partial charge in [0.25, 0.3) is 0 Å². The number of carbonyl (C=O) groups is 1. The summed E-state index contributed by atoms with van der Waals surface area (Å²) < 4.78 is 7.45. The Morgan fingerprint density at radius 1 is 1.17 bits per heavy atom. The highest BCUT2D eigenvalue weighted by Crippen LogP contribution is 2.28. The summed E-state index contributed by atoms with van der Waals surface area (Å²) in [6.45, 7) is 6.59. The second-order valence-corrected chi connectivity index (χ2v) is 7.39. The molecule has 3 rings (SSSR count). The number of carbonyl (C=O) groups excluding carboxylic acids is 1. The standard InChI is InChI=1S/C21H25N5O2S/c1-4-15(3)23-19(27)14-29-21-25-24-20(18-8-6-7-13-22-18)26(21)16-9-11-17(12-10-16)28-5-2/h6-13,15H,4-5,14H2,1-3H3,(H,23,27)/t15-/m1/s1. The average Bonchev–Trinajstić information content (AvgIpc) is 3.17. The monoisotopic (exact) mass is 411 g/mol. The van der Waals surface area contributed by atoms with Gasteiger partial charge in [0.15, 0.2) is 11.0 Å². The van der Waals surface area contributed by atoms with E-state index in [4.69, 9.17) is 4.74 Å². The molecule has 1 aromatic carbocycles. The molecular weight excluding hydrogens is 386 g/mol. The Bertz CT molecular complexity index is 928. The summed E-state index contributed by atoms with van der Waals surface area (Å²) in [4.78, 5) is 16.6. The van der Waals surface area contributed by atoms with Gasteiger partial charge in [0.2, 0.25) is 5.91 Å². The van der Waals surface area contributed by atoms with Crippen LogP contribution < -0.4 is 10.1 Å². The molecule has 3 aromatic rings. The van der Waals surface area contributed by atoms with Crippen molar-refractivity contribution in [2.45, 2.75) is 38.4 Å². The van der Waals surface area contributed by atoms with Gasteiger partial charge in [-0.3, -0.25) is 14.3 Å². The second-order valence-electron chi connectivity index (χ2n) is 6.45. The van der Waals surface area contributed by atoms with E-state index in [1.807, 2.05) is 67.8 Å². The van der Waals surface area contributed by atoms with E-state index in [0.29, 0.717) is 23.3 Å². The first kappa shape index (κ1) is 20.9. The molecule has 0 fully saturated rings. The summed E-state index contributed by atoms with van der Waals surface area (Å²) in [5, 5.41) is 12.3. The summed E-state index contributed by atoms with van der Waals surface area (Å²) in [7, 11) is 0. The molecule has 0 aliphatic heterocycles. The number of aromatic nitrogens is 4. The zero-order valence-corrected chi connectivity index (χ0v) is 17.6. The van der Waals surface area contributed by atoms with Crippen LogP contribution >= 0.6 is 11.8 Å². The fourth-order valence-corrected chi connectivity index (χ4v) is 3.43. The third-order valence-corrected chi connectivity index (χ3v) is 5.21. The molecule has 152 valence electrons. The van der Waals surface area contributed by atoms with Crippen molar-refractivity contribution in [1.82, 2.24) is 25.1 Å². The van der Waals surface area contributed by atoms with Gasteiger partial charge in [-0.15, -0.1) is 10.2 Å². The predicted octanol–water partition coefficient (Wildman–Crippen LogP) is 3.73. The van der Waals surface area contributed by atoms with Crippen molar-refractivity contribution in [3.8, 4) is 23.0 Å². The van der Waals surface area contributed by atoms with Gasteiger partial charge in [-0.2, -0.15) is 0 Å². The number of thioether (sulfide) groups is 1. The van der Waals surface area contributed by atoms with Crippen molar-refractivity contribution >= 4 is 17.7 Å². The molecule has 0 bridgehead atoms. The highest BCUT2D eigenvalue weighted by atomic mass is 32.2. The average molecular weight is 412 g/mol. The number of hydrogen-bond acceptors (Lipinski definition) is 6. The van der Waals surface area contributed by atoms with Crippen LogP contribution in [0.2, 0.25) is 0 Å². The molecule has 2 heterocycles. The topological polar surface area (TPSA) is 81.9 Å². The molecule has 1 N–H and O–H groups in total. The van der Waals surface area contributed by atoms with Crippen molar-refractivity contribution in [2.75, 3.05) is 12.4 Å². The molecule has 0 unspecified atom stereocenters. The molecule has 0 saturated heterocycles. The minimum Gasteiger partial charge on any atom is -0.494 e. The minimum atomic E-state index is -0.0232. The number of amides is 1. The number of nitrogens with zero attached hydrogens (tertiary/aromatic N) is 4. The van der Waals surface area contributed by atoms with Crippen LogP contribution in [0.3, 0.4) is 0 Å². The van der Waals surface area contributed by atoms with Crippen LogP contribution in [-0.4, -0.2) is 44.1 Å². The SMILES string of the molecule is CCOc1ccc(-n2c(SCC(=O)N[C@H](C)CC)nnc2-c2ccccn2)cc1. The minimum absolute atomic E-state index is 0.0232. The number of hydrogen-bond donors (Lipinski definition) is 1. The maximum atomic E-state index is 12.2. The van der Waals surface area contributed by atoms with Gasteiger partial charge < -0.3 is 10.1 Å². The van der Waals surface area contributed by atoms with Crippen LogP contribution in [0.25, 0.3) is 17.2 Å². The van der Waals surface area contributed by atoms with Gasteiger partial charge in [0, 0.05) is 12.2 Å². The quantitative estimate of drug-likeness (QED) is 0.540. The summed E-state index contributed by atoms with van der Waals surface area (Å²) >= 11 is 1.35. The fraction of sp³-hybridized carbons (Fsp3) is 0.333. The fourth-order valence-electron chi connectivity index (χ4n) is 2.66. The highest BCUT2D eigenvalue weighted by Gasteiger charge is 2.18. The van der Waals surface area contributed by atoms with Crippen molar-refractivity contribution in [2.24, 2.45) is 0 Å². The van der Waals surface area contributed by atoms with Crippen LogP contribution in [0.4, 0.5) is 0 Å². The maximum Gasteiger partial charge on any atom is 0.230 e. The highest BCUT2D eigenvalue weighted by molar-refractivity contribution is 7.99. The molecule has 0 aliphatic carbocycles. The lowest BCUT2D eigenvalue weighted by atomic mass is 10.2. The lowest BCUT2D eigenvalue weighted by molar-refractivity contribution is -0.119. The third-order valence-electron chi connectivity index (χ3n) is 4.29. The first-order valence-corrected chi connectivity index (χ1v) is 10.6. The first-order chi connectivity index (χ1) is 14.1. The summed E-state index contributed by atoms with van der Waals surface area (Å²) in [5.41, 5.74) is 1.59. The van der Waals surface area contributed by atoms with E-state index in [1.54, 1.807) is 6.20 Å². The zero-order chi connectivity index (χ0) is 20.6. The van der Waals surface area contributed by atoms with Crippen LogP contribution in [0.5, 0.6) is 5.75 Å². The molecule has 0 aliphatic rings. The van der Waals surface area contributed by atoms with Crippen molar-refractivity contribution < 1.29 is 9.53 Å². The number of ether oxygens (including phenoxy) is 1. The number of rotatable bonds is 9. The number of pyridine rings is 1. The van der Waals surface area contributed by atoms with E-state index in [9.17, 15) is 4.79 Å². The lowest BCUT2D eigenvalue weighted by Gasteiger charge is -2.12. The van der Waals surface area contributed by atoms with Gasteiger partial charge in [-0.1, -0.05) is 24.8 Å². The maximum absolute atomic E-state index is 12.2. The van der Waals surface area contributed by atoms with E-state index < -0.39 is 0 Å². The lowest BCUT2D eigenvalue weighted by Crippen LogP contribution is -2.33. The van der Waals surface area contributed by atoms with Crippen LogP contribution in [0.1, 0.15) is 27.2 Å². The third kappa shape index (κ3) is 5.35. The van der Waals surface area contributed by atoms with Gasteiger partial charge >= 0.3 is 0 Å². The Balaban J connectivity index is 1.90. The van der Waals surface area contributed by atoms with Crippen molar-refractivity contribution in [3.63, 3.8) is 0 Å². The summed E-state index contributed by atoms with van der Waals surface area (Å²) in [6, 6.07) is 13.5. The largest absolute Gasteiger partial charge is 0.494 e. The Morgan fingerprint density at radius 3 is 2.62 bits per heavy atom. The molecule has 29 heavy (non-hydrogen) atoms. The molecule has 8 heteroatoms. The van der Waals surface area contributed by atoms with Crippen LogP contribution in [0.15, 0.2) is 53.8 Å². The van der Waals surface area contributed by atoms with Gasteiger partial charge in [-0.05, 0) is 56.7 Å². The van der Waals surface area contributed by atoms with Gasteiger partial charge in [0.1, 0.15) is 11.4 Å². The van der Waals surface area contributed by atoms with E-state index in [0.717, 1.165) is 17.9 Å². The predicted molar refractivity (Wildman–Crippen MR) is 114 cm³/mol. The van der Waals surface area contributed by atoms with Gasteiger partial charge in [-0.25, -0.2) is 0 Å².